The smallest absolute Gasteiger partial charge is 0.270 e. The highest BCUT2D eigenvalue weighted by Gasteiger charge is 2.35. The summed E-state index contributed by atoms with van der Waals surface area (Å²) in [7, 11) is 0. The first-order valence-corrected chi connectivity index (χ1v) is 8.45. The third kappa shape index (κ3) is 3.54. The molecule has 116 valence electrons. The van der Waals surface area contributed by atoms with E-state index in [-0.39, 0.29) is 18.1 Å². The molecule has 2 aromatic rings. The van der Waals surface area contributed by atoms with Gasteiger partial charge in [-0.1, -0.05) is 30.3 Å². The fourth-order valence-electron chi connectivity index (χ4n) is 2.87. The lowest BCUT2D eigenvalue weighted by Crippen LogP contribution is -2.48. The van der Waals surface area contributed by atoms with E-state index in [0.29, 0.717) is 11.6 Å². The number of benzene rings is 1. The molecule has 22 heavy (non-hydrogen) atoms. The van der Waals surface area contributed by atoms with Crippen LogP contribution in [-0.4, -0.2) is 28.1 Å². The lowest BCUT2D eigenvalue weighted by Gasteiger charge is -2.38. The van der Waals surface area contributed by atoms with Crippen molar-refractivity contribution in [1.29, 1.82) is 0 Å². The van der Waals surface area contributed by atoms with Crippen molar-refractivity contribution in [1.82, 2.24) is 10.3 Å². The second-order valence-electron chi connectivity index (χ2n) is 5.91. The average molecular weight is 316 g/mol. The van der Waals surface area contributed by atoms with Gasteiger partial charge in [-0.3, -0.25) is 4.79 Å². The second kappa shape index (κ2) is 6.58. The molecule has 1 aromatic carbocycles. The van der Waals surface area contributed by atoms with Crippen LogP contribution in [0.5, 0.6) is 0 Å². The molecule has 3 rings (SSSR count). The van der Waals surface area contributed by atoms with Crippen LogP contribution in [0.3, 0.4) is 0 Å². The fraction of sp³-hybridized carbons (Fsp3) is 0.412. The maximum atomic E-state index is 12.4. The molecule has 0 saturated heterocycles. The Balaban J connectivity index is 1.69. The van der Waals surface area contributed by atoms with Crippen molar-refractivity contribution in [2.75, 3.05) is 0 Å². The highest BCUT2D eigenvalue weighted by Crippen LogP contribution is 2.32. The van der Waals surface area contributed by atoms with Crippen LogP contribution in [0.1, 0.15) is 33.9 Å². The Kier molecular flexibility index (Phi) is 4.55. The van der Waals surface area contributed by atoms with Gasteiger partial charge in [-0.25, -0.2) is 4.98 Å². The van der Waals surface area contributed by atoms with E-state index >= 15 is 0 Å². The number of nitrogens with zero attached hydrogens (tertiary/aromatic N) is 1. The Hall–Kier alpha value is -1.72. The van der Waals surface area contributed by atoms with Crippen molar-refractivity contribution in [2.24, 2.45) is 5.92 Å². The number of rotatable bonds is 5. The summed E-state index contributed by atoms with van der Waals surface area (Å²) in [4.78, 5) is 16.6. The van der Waals surface area contributed by atoms with Crippen LogP contribution in [0.25, 0.3) is 0 Å². The summed E-state index contributed by atoms with van der Waals surface area (Å²) in [5.74, 6) is 0.213. The summed E-state index contributed by atoms with van der Waals surface area (Å²) >= 11 is 1.48. The first-order chi connectivity index (χ1) is 10.6. The summed E-state index contributed by atoms with van der Waals surface area (Å²) < 4.78 is 0. The number of aliphatic hydroxyl groups is 1. The van der Waals surface area contributed by atoms with E-state index in [0.717, 1.165) is 24.3 Å². The molecule has 0 bridgehead atoms. The minimum Gasteiger partial charge on any atom is -0.393 e. The van der Waals surface area contributed by atoms with Crippen molar-refractivity contribution in [3.8, 4) is 0 Å². The van der Waals surface area contributed by atoms with Crippen LogP contribution < -0.4 is 5.32 Å². The number of aromatic nitrogens is 1. The van der Waals surface area contributed by atoms with Gasteiger partial charge in [0.2, 0.25) is 0 Å². The Morgan fingerprint density at radius 1 is 1.41 bits per heavy atom. The van der Waals surface area contributed by atoms with E-state index in [1.54, 1.807) is 5.38 Å². The number of hydrogen-bond acceptors (Lipinski definition) is 4. The average Bonchev–Trinajstić information content (AvgIpc) is 2.91. The highest BCUT2D eigenvalue weighted by molar-refractivity contribution is 7.09. The minimum atomic E-state index is -0.221. The van der Waals surface area contributed by atoms with Crippen molar-refractivity contribution in [3.63, 3.8) is 0 Å². The fourth-order valence-corrected chi connectivity index (χ4v) is 3.47. The maximum Gasteiger partial charge on any atom is 0.270 e. The molecule has 0 radical (unpaired) electrons. The molecular formula is C17H20N2O2S. The third-order valence-electron chi connectivity index (χ3n) is 4.19. The summed E-state index contributed by atoms with van der Waals surface area (Å²) in [5, 5.41) is 15.4. The zero-order chi connectivity index (χ0) is 15.5. The SMILES string of the molecule is Cc1nc(C(=O)N[C@H](Cc2ccccc2)C2CC(O)C2)cs1. The first-order valence-electron chi connectivity index (χ1n) is 7.57. The molecular weight excluding hydrogens is 296 g/mol. The Labute approximate surface area is 134 Å². The molecule has 0 spiro atoms. The lowest BCUT2D eigenvalue weighted by molar-refractivity contribution is 0.0239. The molecule has 1 aromatic heterocycles. The van der Waals surface area contributed by atoms with Gasteiger partial charge < -0.3 is 10.4 Å². The summed E-state index contributed by atoms with van der Waals surface area (Å²) in [5.41, 5.74) is 1.68. The van der Waals surface area contributed by atoms with E-state index in [1.807, 2.05) is 25.1 Å². The van der Waals surface area contributed by atoms with Crippen molar-refractivity contribution >= 4 is 17.2 Å². The number of amides is 1. The van der Waals surface area contributed by atoms with Gasteiger partial charge >= 0.3 is 0 Å². The predicted molar refractivity (Wildman–Crippen MR) is 87.0 cm³/mol. The van der Waals surface area contributed by atoms with Gasteiger partial charge in [-0.15, -0.1) is 11.3 Å². The molecule has 1 fully saturated rings. The largest absolute Gasteiger partial charge is 0.393 e. The normalized spacial score (nSPS) is 21.9. The standard InChI is InChI=1S/C17H20N2O2S/c1-11-18-16(10-22-11)17(21)19-15(13-8-14(20)9-13)7-12-5-3-2-4-6-12/h2-6,10,13-15,20H,7-9H2,1H3,(H,19,21)/t13?,14?,15-/m1/s1. The highest BCUT2D eigenvalue weighted by atomic mass is 32.1. The van der Waals surface area contributed by atoms with Crippen LogP contribution in [0, 0.1) is 12.8 Å². The molecule has 2 N–H and O–H groups in total. The lowest BCUT2D eigenvalue weighted by atomic mass is 9.75. The molecule has 1 amide bonds. The van der Waals surface area contributed by atoms with Gasteiger partial charge in [0.25, 0.3) is 5.91 Å². The van der Waals surface area contributed by atoms with Gasteiger partial charge in [-0.05, 0) is 37.7 Å². The van der Waals surface area contributed by atoms with Crippen molar-refractivity contribution in [3.05, 3.63) is 52.0 Å². The number of hydrogen-bond donors (Lipinski definition) is 2. The van der Waals surface area contributed by atoms with Gasteiger partial charge in [-0.2, -0.15) is 0 Å². The van der Waals surface area contributed by atoms with Crippen LogP contribution >= 0.6 is 11.3 Å². The van der Waals surface area contributed by atoms with Crippen LogP contribution in [-0.2, 0) is 6.42 Å². The van der Waals surface area contributed by atoms with Crippen LogP contribution in [0.2, 0.25) is 0 Å². The third-order valence-corrected chi connectivity index (χ3v) is 4.96. The van der Waals surface area contributed by atoms with E-state index < -0.39 is 0 Å². The molecule has 1 aliphatic rings. The molecule has 0 aliphatic heterocycles. The van der Waals surface area contributed by atoms with E-state index in [4.69, 9.17) is 0 Å². The van der Waals surface area contributed by atoms with Crippen LogP contribution in [0.4, 0.5) is 0 Å². The topological polar surface area (TPSA) is 62.2 Å². The molecule has 1 aliphatic carbocycles. The van der Waals surface area contributed by atoms with Gasteiger partial charge in [0.1, 0.15) is 5.69 Å². The Bertz CT molecular complexity index is 635. The predicted octanol–water partition coefficient (Wildman–Crippen LogP) is 2.56. The van der Waals surface area contributed by atoms with Gasteiger partial charge in [0.15, 0.2) is 0 Å². The molecule has 1 saturated carbocycles. The van der Waals surface area contributed by atoms with E-state index in [9.17, 15) is 9.90 Å². The summed E-state index contributed by atoms with van der Waals surface area (Å²) in [6.45, 7) is 1.89. The van der Waals surface area contributed by atoms with Gasteiger partial charge in [0.05, 0.1) is 11.1 Å². The molecule has 0 unspecified atom stereocenters. The maximum absolute atomic E-state index is 12.4. The molecule has 1 atom stereocenters. The molecule has 4 nitrogen and oxygen atoms in total. The Morgan fingerprint density at radius 3 is 2.73 bits per heavy atom. The number of carbonyl (C=O) groups excluding carboxylic acids is 1. The van der Waals surface area contributed by atoms with Gasteiger partial charge in [0, 0.05) is 11.4 Å². The van der Waals surface area contributed by atoms with Crippen molar-refractivity contribution in [2.45, 2.75) is 38.3 Å². The quantitative estimate of drug-likeness (QED) is 0.891. The number of aryl methyl sites for hydroxylation is 1. The summed E-state index contributed by atoms with van der Waals surface area (Å²) in [6, 6.07) is 10.2. The zero-order valence-electron chi connectivity index (χ0n) is 12.5. The number of thiazole rings is 1. The van der Waals surface area contributed by atoms with E-state index in [1.165, 1.54) is 16.9 Å². The van der Waals surface area contributed by atoms with Crippen molar-refractivity contribution < 1.29 is 9.90 Å². The zero-order valence-corrected chi connectivity index (χ0v) is 13.3. The minimum absolute atomic E-state index is 0.0420. The summed E-state index contributed by atoms with van der Waals surface area (Å²) in [6.07, 6.45) is 2.08. The second-order valence-corrected chi connectivity index (χ2v) is 6.97. The number of carbonyl (C=O) groups is 1. The number of nitrogens with one attached hydrogen (secondary N) is 1. The molecule has 5 heteroatoms. The van der Waals surface area contributed by atoms with Crippen LogP contribution in [0.15, 0.2) is 35.7 Å². The monoisotopic (exact) mass is 316 g/mol. The first kappa shape index (κ1) is 15.2. The Morgan fingerprint density at radius 2 is 2.14 bits per heavy atom. The number of aliphatic hydroxyl groups excluding tert-OH is 1. The molecule has 1 heterocycles. The van der Waals surface area contributed by atoms with E-state index in [2.05, 4.69) is 22.4 Å².